The van der Waals surface area contributed by atoms with Crippen LogP contribution < -0.4 is 4.74 Å². The highest BCUT2D eigenvalue weighted by Crippen LogP contribution is 2.66. The van der Waals surface area contributed by atoms with E-state index in [0.29, 0.717) is 36.5 Å². The van der Waals surface area contributed by atoms with Gasteiger partial charge in [-0.05, 0) is 74.8 Å². The number of carbonyl (C=O) groups excluding carboxylic acids is 1. The summed E-state index contributed by atoms with van der Waals surface area (Å²) < 4.78 is 36.5. The standard InChI is InChI=1S/C28H32N2O5/c1-29(23(32)7-4-18-9-13-34-16-18)20-8-10-28(33)22-14-19-5-6-21(31)25-24(19)27(28,26(20)35-25)11-12-30(22)15-17-2-3-17/h4-7,9,13,16-17,20,22,26,31,33H,2-3,8,10-12,14-15H2,1H3/b7-4+/t20-,22?,26+,27+,28-/m1/s1/i1D3. The number of aliphatic hydroxyl groups is 1. The zero-order valence-corrected chi connectivity index (χ0v) is 19.5. The molecule has 1 aromatic heterocycles. The summed E-state index contributed by atoms with van der Waals surface area (Å²) >= 11 is 0. The van der Waals surface area contributed by atoms with Gasteiger partial charge in [-0.3, -0.25) is 9.69 Å². The number of phenolic OH excluding ortho intramolecular Hbond substituents is 1. The lowest BCUT2D eigenvalue weighted by Gasteiger charge is -2.64. The highest BCUT2D eigenvalue weighted by atomic mass is 16.5. The minimum atomic E-state index is -2.72. The van der Waals surface area contributed by atoms with Gasteiger partial charge in [-0.25, -0.2) is 0 Å². The first-order valence-corrected chi connectivity index (χ1v) is 12.7. The van der Waals surface area contributed by atoms with Crippen LogP contribution in [0.15, 0.2) is 41.2 Å². The molecule has 1 saturated heterocycles. The molecule has 2 bridgehead atoms. The van der Waals surface area contributed by atoms with E-state index in [-0.39, 0.29) is 18.2 Å². The number of ether oxygens (including phenoxy) is 1. The fraction of sp³-hybridized carbons (Fsp3) is 0.536. The normalized spacial score (nSPS) is 36.7. The number of likely N-dealkylation sites (N-methyl/N-ethyl adjacent to an activating group) is 1. The summed E-state index contributed by atoms with van der Waals surface area (Å²) in [5.41, 5.74) is 0.438. The van der Waals surface area contributed by atoms with Gasteiger partial charge < -0.3 is 24.3 Å². The quantitative estimate of drug-likeness (QED) is 0.641. The van der Waals surface area contributed by atoms with Gasteiger partial charge in [0, 0.05) is 40.9 Å². The fourth-order valence-corrected chi connectivity index (χ4v) is 7.50. The van der Waals surface area contributed by atoms with Crippen LogP contribution in [-0.4, -0.2) is 69.8 Å². The van der Waals surface area contributed by atoms with Crippen molar-refractivity contribution in [2.45, 2.75) is 67.7 Å². The Morgan fingerprint density at radius 2 is 2.20 bits per heavy atom. The van der Waals surface area contributed by atoms with E-state index >= 15 is 0 Å². The Hall–Kier alpha value is -2.77. The summed E-state index contributed by atoms with van der Waals surface area (Å²) in [6, 6.07) is 4.30. The molecule has 5 aliphatic rings. The number of piperidine rings is 1. The van der Waals surface area contributed by atoms with Crippen molar-refractivity contribution in [3.8, 4) is 11.5 Å². The molecule has 3 heterocycles. The van der Waals surface area contributed by atoms with Gasteiger partial charge in [-0.15, -0.1) is 0 Å². The summed E-state index contributed by atoms with van der Waals surface area (Å²) in [7, 11) is 0. The Labute approximate surface area is 209 Å². The molecule has 7 rings (SSSR count). The number of phenols is 1. The molecule has 1 aromatic carbocycles. The minimum Gasteiger partial charge on any atom is -0.504 e. The Kier molecular flexibility index (Phi) is 3.89. The molecule has 7 heteroatoms. The number of rotatable bonds is 5. The van der Waals surface area contributed by atoms with Crippen LogP contribution >= 0.6 is 0 Å². The monoisotopic (exact) mass is 479 g/mol. The minimum absolute atomic E-state index is 0.0147. The van der Waals surface area contributed by atoms with Crippen LogP contribution in [0.25, 0.3) is 6.08 Å². The molecule has 2 N–H and O–H groups in total. The molecule has 0 radical (unpaired) electrons. The number of amides is 1. The SMILES string of the molecule is [2H]C([2H])([2H])N(C(=O)/C=C/c1ccoc1)[C@@H]1CC[C@@]2(O)C3Cc4ccc(O)c5c4[C@@]2(CCN3CC2CC2)[C@H]1O5. The van der Waals surface area contributed by atoms with Crippen molar-refractivity contribution in [1.82, 2.24) is 9.80 Å². The molecule has 35 heavy (non-hydrogen) atoms. The van der Waals surface area contributed by atoms with Crippen molar-refractivity contribution in [3.63, 3.8) is 0 Å². The van der Waals surface area contributed by atoms with Gasteiger partial charge in [-0.2, -0.15) is 0 Å². The third-order valence-electron chi connectivity index (χ3n) is 9.26. The van der Waals surface area contributed by atoms with Gasteiger partial charge in [0.05, 0.1) is 29.6 Å². The van der Waals surface area contributed by atoms with E-state index < -0.39 is 36.0 Å². The first kappa shape index (κ1) is 18.5. The van der Waals surface area contributed by atoms with Crippen LogP contribution in [-0.2, 0) is 16.6 Å². The van der Waals surface area contributed by atoms with Gasteiger partial charge >= 0.3 is 0 Å². The lowest BCUT2D eigenvalue weighted by molar-refractivity contribution is -0.200. The molecule has 3 aliphatic carbocycles. The smallest absolute Gasteiger partial charge is 0.246 e. The second-order valence-corrected chi connectivity index (χ2v) is 11.0. The van der Waals surface area contributed by atoms with Crippen molar-refractivity contribution in [2.24, 2.45) is 5.92 Å². The molecule has 5 atom stereocenters. The molecule has 2 aliphatic heterocycles. The van der Waals surface area contributed by atoms with Crippen LogP contribution in [0.4, 0.5) is 0 Å². The topological polar surface area (TPSA) is 86.4 Å². The van der Waals surface area contributed by atoms with Crippen LogP contribution in [0.2, 0.25) is 0 Å². The maximum absolute atomic E-state index is 13.5. The maximum atomic E-state index is 13.5. The van der Waals surface area contributed by atoms with Gasteiger partial charge in [-0.1, -0.05) is 6.07 Å². The van der Waals surface area contributed by atoms with E-state index in [1.165, 1.54) is 37.5 Å². The second-order valence-electron chi connectivity index (χ2n) is 11.0. The van der Waals surface area contributed by atoms with Crippen molar-refractivity contribution >= 4 is 12.0 Å². The van der Waals surface area contributed by atoms with Crippen LogP contribution in [0.1, 0.15) is 52.9 Å². The van der Waals surface area contributed by atoms with Gasteiger partial charge in [0.15, 0.2) is 11.5 Å². The van der Waals surface area contributed by atoms with Crippen LogP contribution in [0.3, 0.4) is 0 Å². The van der Waals surface area contributed by atoms with E-state index in [9.17, 15) is 15.0 Å². The molecule has 2 aromatic rings. The van der Waals surface area contributed by atoms with Gasteiger partial charge in [0.1, 0.15) is 6.10 Å². The van der Waals surface area contributed by atoms with Crippen molar-refractivity contribution in [1.29, 1.82) is 0 Å². The lowest BCUT2D eigenvalue weighted by atomic mass is 9.48. The summed E-state index contributed by atoms with van der Waals surface area (Å²) in [4.78, 5) is 16.9. The Balaban J connectivity index is 1.32. The summed E-state index contributed by atoms with van der Waals surface area (Å²) in [6.45, 7) is -1.01. The summed E-state index contributed by atoms with van der Waals surface area (Å²) in [5, 5.41) is 23.4. The molecule has 3 fully saturated rings. The Morgan fingerprint density at radius 3 is 2.97 bits per heavy atom. The predicted octanol–water partition coefficient (Wildman–Crippen LogP) is 3.09. The Morgan fingerprint density at radius 1 is 1.31 bits per heavy atom. The summed E-state index contributed by atoms with van der Waals surface area (Å²) in [6.07, 6.45) is 9.25. The molecule has 7 nitrogen and oxygen atoms in total. The summed E-state index contributed by atoms with van der Waals surface area (Å²) in [5.74, 6) is 0.334. The third-order valence-corrected chi connectivity index (χ3v) is 9.26. The number of likely N-dealkylation sites (tertiary alicyclic amines) is 1. The molecule has 2 saturated carbocycles. The van der Waals surface area contributed by atoms with Crippen molar-refractivity contribution < 1.29 is 28.3 Å². The number of hydrogen-bond acceptors (Lipinski definition) is 6. The van der Waals surface area contributed by atoms with E-state index in [0.717, 1.165) is 29.1 Å². The van der Waals surface area contributed by atoms with E-state index in [4.69, 9.17) is 13.3 Å². The highest BCUT2D eigenvalue weighted by molar-refractivity contribution is 5.91. The second kappa shape index (κ2) is 7.37. The van der Waals surface area contributed by atoms with Crippen LogP contribution in [0, 0.1) is 5.92 Å². The van der Waals surface area contributed by atoms with Gasteiger partial charge in [0.2, 0.25) is 5.91 Å². The maximum Gasteiger partial charge on any atom is 0.246 e. The third kappa shape index (κ3) is 2.88. The highest BCUT2D eigenvalue weighted by Gasteiger charge is 2.73. The number of aromatic hydroxyl groups is 1. The average Bonchev–Trinajstić information content (AvgIpc) is 3.37. The largest absolute Gasteiger partial charge is 0.504 e. The number of carbonyl (C=O) groups is 1. The zero-order chi connectivity index (χ0) is 26.4. The fourth-order valence-electron chi connectivity index (χ4n) is 7.50. The van der Waals surface area contributed by atoms with Gasteiger partial charge in [0.25, 0.3) is 0 Å². The first-order valence-electron chi connectivity index (χ1n) is 14.2. The number of nitrogens with zero attached hydrogens (tertiary/aromatic N) is 2. The Bertz CT molecular complexity index is 1310. The first-order chi connectivity index (χ1) is 18.1. The molecule has 1 spiro atoms. The van der Waals surface area contributed by atoms with E-state index in [1.54, 1.807) is 12.1 Å². The predicted molar refractivity (Wildman–Crippen MR) is 129 cm³/mol. The van der Waals surface area contributed by atoms with Crippen LogP contribution in [0.5, 0.6) is 11.5 Å². The zero-order valence-electron chi connectivity index (χ0n) is 22.5. The van der Waals surface area contributed by atoms with E-state index in [2.05, 4.69) is 4.90 Å². The van der Waals surface area contributed by atoms with Crippen molar-refractivity contribution in [3.05, 3.63) is 53.5 Å². The molecular formula is C28H32N2O5. The molecular weight excluding hydrogens is 444 g/mol. The van der Waals surface area contributed by atoms with E-state index in [1.807, 2.05) is 6.07 Å². The number of hydrogen-bond donors (Lipinski definition) is 2. The number of benzene rings is 1. The lowest BCUT2D eigenvalue weighted by Crippen LogP contribution is -2.78. The average molecular weight is 480 g/mol. The van der Waals surface area contributed by atoms with Crippen molar-refractivity contribution in [2.75, 3.05) is 20.1 Å². The molecule has 184 valence electrons. The molecule has 1 amide bonds. The number of furan rings is 1. The molecule has 1 unspecified atom stereocenters.